The molecule has 3 aromatic rings. The number of piperazine rings is 1. The molecule has 2 aromatic heterocycles. The first-order chi connectivity index (χ1) is 16.9. The number of ketones is 1. The van der Waals surface area contributed by atoms with Gasteiger partial charge in [-0.15, -0.1) is 0 Å². The van der Waals surface area contributed by atoms with Gasteiger partial charge in [0, 0.05) is 37.4 Å². The molecule has 2 aliphatic heterocycles. The second kappa shape index (κ2) is 9.30. The summed E-state index contributed by atoms with van der Waals surface area (Å²) in [6.45, 7) is 4.53. The van der Waals surface area contributed by atoms with Crippen molar-refractivity contribution in [3.8, 4) is 11.5 Å². The Morgan fingerprint density at radius 1 is 1.00 bits per heavy atom. The van der Waals surface area contributed by atoms with Crippen molar-refractivity contribution >= 4 is 17.6 Å². The highest BCUT2D eigenvalue weighted by atomic mass is 16.7. The van der Waals surface area contributed by atoms with Gasteiger partial charge in [0.05, 0.1) is 30.6 Å². The molecule has 35 heavy (non-hydrogen) atoms. The molecule has 0 unspecified atom stereocenters. The summed E-state index contributed by atoms with van der Waals surface area (Å²) in [4.78, 5) is 41.9. The molecule has 2 N–H and O–H groups in total. The van der Waals surface area contributed by atoms with Crippen LogP contribution in [-0.4, -0.2) is 71.5 Å². The van der Waals surface area contributed by atoms with Crippen LogP contribution < -0.4 is 15.2 Å². The van der Waals surface area contributed by atoms with Crippen LogP contribution in [0.25, 0.3) is 0 Å². The molecular formula is C25H26N4O6. The number of primary amides is 1. The Bertz CT molecular complexity index is 1270. The molecule has 0 atom stereocenters. The van der Waals surface area contributed by atoms with Crippen molar-refractivity contribution in [1.29, 1.82) is 0 Å². The Labute approximate surface area is 201 Å². The molecule has 0 radical (unpaired) electrons. The number of nitrogens with zero attached hydrogens (tertiary/aromatic N) is 3. The molecule has 1 saturated heterocycles. The summed E-state index contributed by atoms with van der Waals surface area (Å²) in [6, 6.07) is 10.3. The quantitative estimate of drug-likeness (QED) is 0.515. The van der Waals surface area contributed by atoms with E-state index in [9.17, 15) is 14.4 Å². The Balaban J connectivity index is 1.24. The number of benzene rings is 1. The number of carbonyl (C=O) groups is 3. The summed E-state index contributed by atoms with van der Waals surface area (Å²) in [5, 5.41) is 0. The van der Waals surface area contributed by atoms with Gasteiger partial charge in [0.1, 0.15) is 5.76 Å². The van der Waals surface area contributed by atoms with Crippen LogP contribution in [0, 0.1) is 6.92 Å². The molecule has 2 amide bonds. The van der Waals surface area contributed by atoms with Crippen LogP contribution in [0.5, 0.6) is 11.5 Å². The van der Waals surface area contributed by atoms with Gasteiger partial charge in [-0.2, -0.15) is 0 Å². The van der Waals surface area contributed by atoms with Crippen LogP contribution in [0.1, 0.15) is 42.7 Å². The minimum Gasteiger partial charge on any atom is -0.467 e. The number of hydrogen-bond acceptors (Lipinski definition) is 7. The Morgan fingerprint density at radius 3 is 2.49 bits per heavy atom. The van der Waals surface area contributed by atoms with E-state index in [4.69, 9.17) is 19.6 Å². The van der Waals surface area contributed by atoms with E-state index in [1.165, 1.54) is 0 Å². The number of carbonyl (C=O) groups excluding carboxylic acids is 3. The lowest BCUT2D eigenvalue weighted by atomic mass is 10.1. The zero-order chi connectivity index (χ0) is 24.5. The Morgan fingerprint density at radius 2 is 1.77 bits per heavy atom. The van der Waals surface area contributed by atoms with Gasteiger partial charge in [0.25, 0.3) is 11.8 Å². The number of nitrogens with two attached hydrogens (primary N) is 1. The van der Waals surface area contributed by atoms with Gasteiger partial charge >= 0.3 is 0 Å². The van der Waals surface area contributed by atoms with Crippen LogP contribution >= 0.6 is 0 Å². The number of furan rings is 1. The summed E-state index contributed by atoms with van der Waals surface area (Å²) in [5.41, 5.74) is 7.42. The molecule has 182 valence electrons. The van der Waals surface area contributed by atoms with Crippen molar-refractivity contribution in [2.24, 2.45) is 5.73 Å². The van der Waals surface area contributed by atoms with E-state index in [2.05, 4.69) is 0 Å². The number of fused-ring (bicyclic) bond motifs is 1. The highest BCUT2D eigenvalue weighted by Gasteiger charge is 2.27. The topological polar surface area (TPSA) is 120 Å². The van der Waals surface area contributed by atoms with E-state index in [0.717, 1.165) is 0 Å². The molecule has 1 aromatic carbocycles. The fourth-order valence-corrected chi connectivity index (χ4v) is 4.49. The van der Waals surface area contributed by atoms with Crippen LogP contribution in [0.15, 0.2) is 47.1 Å². The number of ether oxygens (including phenoxy) is 2. The maximum Gasteiger partial charge on any atom is 0.254 e. The van der Waals surface area contributed by atoms with E-state index in [-0.39, 0.29) is 25.0 Å². The predicted molar refractivity (Wildman–Crippen MR) is 125 cm³/mol. The summed E-state index contributed by atoms with van der Waals surface area (Å²) in [5.74, 6) is 1.10. The van der Waals surface area contributed by atoms with Crippen molar-refractivity contribution in [2.45, 2.75) is 13.5 Å². The fourth-order valence-electron chi connectivity index (χ4n) is 4.49. The van der Waals surface area contributed by atoms with Crippen LogP contribution in [-0.2, 0) is 6.54 Å². The molecule has 4 heterocycles. The standard InChI is InChI=1S/C25H26N4O6/c1-16-19(24(26)31)12-20(29(16)13-18-3-2-10-33-18)21(30)14-27-6-8-28(9-7-27)25(32)17-4-5-22-23(11-17)35-15-34-22/h2-5,10-12H,6-9,13-15H2,1H3,(H2,26,31). The van der Waals surface area contributed by atoms with Crippen LogP contribution in [0.3, 0.4) is 0 Å². The summed E-state index contributed by atoms with van der Waals surface area (Å²) in [7, 11) is 0. The van der Waals surface area contributed by atoms with E-state index >= 15 is 0 Å². The fraction of sp³-hybridized carbons (Fsp3) is 0.320. The van der Waals surface area contributed by atoms with Crippen molar-refractivity contribution in [3.63, 3.8) is 0 Å². The van der Waals surface area contributed by atoms with Crippen LogP contribution in [0.4, 0.5) is 0 Å². The minimum atomic E-state index is -0.578. The molecule has 0 aliphatic carbocycles. The lowest BCUT2D eigenvalue weighted by molar-refractivity contribution is 0.0622. The second-order valence-corrected chi connectivity index (χ2v) is 8.62. The highest BCUT2D eigenvalue weighted by molar-refractivity contribution is 6.01. The maximum atomic E-state index is 13.2. The smallest absolute Gasteiger partial charge is 0.254 e. The molecule has 10 heteroatoms. The molecule has 10 nitrogen and oxygen atoms in total. The minimum absolute atomic E-state index is 0.0803. The van der Waals surface area contributed by atoms with Gasteiger partial charge < -0.3 is 29.1 Å². The molecule has 5 rings (SSSR count). The van der Waals surface area contributed by atoms with Crippen molar-refractivity contribution in [3.05, 3.63) is 70.9 Å². The van der Waals surface area contributed by atoms with Gasteiger partial charge in [-0.05, 0) is 43.3 Å². The van der Waals surface area contributed by atoms with Gasteiger partial charge in [-0.3, -0.25) is 19.3 Å². The first-order valence-corrected chi connectivity index (χ1v) is 11.4. The average molecular weight is 479 g/mol. The maximum absolute atomic E-state index is 13.2. The van der Waals surface area contributed by atoms with E-state index in [1.807, 2.05) is 11.0 Å². The van der Waals surface area contributed by atoms with Crippen LogP contribution in [0.2, 0.25) is 0 Å². The van der Waals surface area contributed by atoms with Crippen molar-refractivity contribution in [1.82, 2.24) is 14.4 Å². The lowest BCUT2D eigenvalue weighted by Crippen LogP contribution is -2.50. The third-order valence-corrected chi connectivity index (χ3v) is 6.46. The predicted octanol–water partition coefficient (Wildman–Crippen LogP) is 1.91. The molecule has 1 fully saturated rings. The highest BCUT2D eigenvalue weighted by Crippen LogP contribution is 2.33. The summed E-state index contributed by atoms with van der Waals surface area (Å²) in [6.07, 6.45) is 1.56. The van der Waals surface area contributed by atoms with Gasteiger partial charge in [-0.25, -0.2) is 0 Å². The number of aromatic nitrogens is 1. The lowest BCUT2D eigenvalue weighted by Gasteiger charge is -2.34. The zero-order valence-electron chi connectivity index (χ0n) is 19.4. The van der Waals surface area contributed by atoms with E-state index in [0.29, 0.717) is 72.5 Å². The first-order valence-electron chi connectivity index (χ1n) is 11.4. The first kappa shape index (κ1) is 22.7. The number of rotatable bonds is 7. The summed E-state index contributed by atoms with van der Waals surface area (Å²) >= 11 is 0. The van der Waals surface area contributed by atoms with E-state index < -0.39 is 5.91 Å². The number of Topliss-reactive ketones (excluding diaryl/α,β-unsaturated/α-hetero) is 1. The molecule has 0 bridgehead atoms. The van der Waals surface area contributed by atoms with Crippen molar-refractivity contribution < 1.29 is 28.3 Å². The molecule has 0 spiro atoms. The third-order valence-electron chi connectivity index (χ3n) is 6.46. The molecule has 0 saturated carbocycles. The third kappa shape index (κ3) is 4.52. The summed E-state index contributed by atoms with van der Waals surface area (Å²) < 4.78 is 17.9. The Hall–Kier alpha value is -4.05. The molecular weight excluding hydrogens is 452 g/mol. The Kier molecular flexibility index (Phi) is 6.04. The van der Waals surface area contributed by atoms with Gasteiger partial charge in [0.2, 0.25) is 6.79 Å². The number of amides is 2. The van der Waals surface area contributed by atoms with Gasteiger partial charge in [0.15, 0.2) is 17.3 Å². The normalized spacial score (nSPS) is 15.4. The second-order valence-electron chi connectivity index (χ2n) is 8.62. The zero-order valence-corrected chi connectivity index (χ0v) is 19.4. The van der Waals surface area contributed by atoms with Gasteiger partial charge in [-0.1, -0.05) is 0 Å². The largest absolute Gasteiger partial charge is 0.467 e. The average Bonchev–Trinajstić information content (AvgIpc) is 3.60. The monoisotopic (exact) mass is 478 g/mol. The SMILES string of the molecule is Cc1c(C(N)=O)cc(C(=O)CN2CCN(C(=O)c3ccc4c(c3)OCO4)CC2)n1Cc1ccco1. The van der Waals surface area contributed by atoms with Crippen molar-refractivity contribution in [2.75, 3.05) is 39.5 Å². The number of hydrogen-bond donors (Lipinski definition) is 1. The van der Waals surface area contributed by atoms with E-state index in [1.54, 1.807) is 53.0 Å². The molecule has 2 aliphatic rings.